The maximum atomic E-state index is 5.32. The molecule has 0 unspecified atom stereocenters. The lowest BCUT2D eigenvalue weighted by atomic mass is 9.92. The maximum Gasteiger partial charge on any atom is 0.137 e. The molecule has 2 aliphatic carbocycles. The Labute approximate surface area is 99.7 Å². The quantitative estimate of drug-likeness (QED) is 0.649. The van der Waals surface area contributed by atoms with E-state index < -0.39 is 0 Å². The molecule has 0 radical (unpaired) electrons. The molecule has 0 saturated carbocycles. The van der Waals surface area contributed by atoms with Gasteiger partial charge in [0.1, 0.15) is 12.0 Å². The highest BCUT2D eigenvalue weighted by molar-refractivity contribution is 5.59. The van der Waals surface area contributed by atoms with Crippen molar-refractivity contribution < 1.29 is 4.74 Å². The Morgan fingerprint density at radius 2 is 2.06 bits per heavy atom. The summed E-state index contributed by atoms with van der Waals surface area (Å²) in [4.78, 5) is 0. The van der Waals surface area contributed by atoms with Crippen LogP contribution < -0.4 is 15.2 Å². The van der Waals surface area contributed by atoms with Gasteiger partial charge in [-0.15, -0.1) is 0 Å². The molecule has 0 spiro atoms. The second-order valence-corrected chi connectivity index (χ2v) is 4.69. The molecule has 0 aromatic heterocycles. The van der Waals surface area contributed by atoms with Crippen LogP contribution in [-0.4, -0.2) is 0 Å². The van der Waals surface area contributed by atoms with Gasteiger partial charge in [0.25, 0.3) is 0 Å². The summed E-state index contributed by atoms with van der Waals surface area (Å²) in [7, 11) is 0. The molecule has 1 heteroatoms. The fraction of sp³-hybridized carbons (Fsp3) is 0.125. The first-order chi connectivity index (χ1) is 8.40. The number of benzene rings is 1. The molecule has 1 aromatic rings. The molecule has 1 aliphatic heterocycles. The highest BCUT2D eigenvalue weighted by Gasteiger charge is 2.12. The summed E-state index contributed by atoms with van der Waals surface area (Å²) < 4.78 is 5.32. The first kappa shape index (κ1) is 9.06. The van der Waals surface area contributed by atoms with Crippen LogP contribution in [0.3, 0.4) is 0 Å². The normalized spacial score (nSPS) is 18.8. The molecule has 1 nitrogen and oxygen atoms in total. The smallest absolute Gasteiger partial charge is 0.137 e. The van der Waals surface area contributed by atoms with Crippen molar-refractivity contribution in [3.05, 3.63) is 63.6 Å². The van der Waals surface area contributed by atoms with Crippen molar-refractivity contribution in [3.63, 3.8) is 0 Å². The Balaban J connectivity index is 2.06. The molecule has 4 rings (SSSR count). The third kappa shape index (κ3) is 1.32. The Bertz CT molecular complexity index is 715. The van der Waals surface area contributed by atoms with Crippen molar-refractivity contribution in [2.75, 3.05) is 0 Å². The first-order valence-electron chi connectivity index (χ1n) is 5.97. The van der Waals surface area contributed by atoms with Gasteiger partial charge in [-0.25, -0.2) is 0 Å². The van der Waals surface area contributed by atoms with Crippen LogP contribution in [0.2, 0.25) is 0 Å². The van der Waals surface area contributed by atoms with Gasteiger partial charge in [-0.05, 0) is 40.8 Å². The predicted molar refractivity (Wildman–Crippen MR) is 68.9 cm³/mol. The lowest BCUT2D eigenvalue weighted by Crippen LogP contribution is -2.36. The average molecular weight is 220 g/mol. The Hall–Kier alpha value is -2.02. The molecule has 0 fully saturated rings. The number of fused-ring (bicyclic) bond motifs is 5. The Kier molecular flexibility index (Phi) is 1.72. The first-order valence-corrected chi connectivity index (χ1v) is 5.97. The van der Waals surface area contributed by atoms with Crippen LogP contribution in [0.1, 0.15) is 12.0 Å². The standard InChI is InChI=1S/C16H12O/c1-2-11-4-5-13-6-7-16-15(10-17-16)14(13)9-12(3-1)8-11/h1-4,6-7,9-10H,5,8H2. The highest BCUT2D eigenvalue weighted by atomic mass is 16.5. The molecule has 82 valence electrons. The van der Waals surface area contributed by atoms with E-state index in [1.807, 2.05) is 6.26 Å². The van der Waals surface area contributed by atoms with Crippen LogP contribution in [0, 0.1) is 0 Å². The van der Waals surface area contributed by atoms with E-state index in [4.69, 9.17) is 4.74 Å². The predicted octanol–water partition coefficient (Wildman–Crippen LogP) is 1.97. The van der Waals surface area contributed by atoms with E-state index in [0.29, 0.717) is 0 Å². The van der Waals surface area contributed by atoms with Crippen molar-refractivity contribution in [2.45, 2.75) is 12.8 Å². The summed E-state index contributed by atoms with van der Waals surface area (Å²) in [5, 5.41) is 2.60. The molecular formula is C16H12O. The van der Waals surface area contributed by atoms with E-state index in [2.05, 4.69) is 42.5 Å². The van der Waals surface area contributed by atoms with E-state index in [-0.39, 0.29) is 0 Å². The van der Waals surface area contributed by atoms with Crippen molar-refractivity contribution >= 4 is 12.3 Å². The molecule has 17 heavy (non-hydrogen) atoms. The summed E-state index contributed by atoms with van der Waals surface area (Å²) in [6.45, 7) is 0. The third-order valence-corrected chi connectivity index (χ3v) is 3.58. The molecular weight excluding hydrogens is 208 g/mol. The lowest BCUT2D eigenvalue weighted by Gasteiger charge is -2.17. The minimum Gasteiger partial charge on any atom is -0.463 e. The highest BCUT2D eigenvalue weighted by Crippen LogP contribution is 2.21. The van der Waals surface area contributed by atoms with Crippen LogP contribution in [0.25, 0.3) is 12.3 Å². The number of allylic oxidation sites excluding steroid dienone is 6. The van der Waals surface area contributed by atoms with E-state index >= 15 is 0 Å². The molecule has 2 bridgehead atoms. The molecule has 1 heterocycles. The van der Waals surface area contributed by atoms with Crippen LogP contribution in [0.15, 0.2) is 47.6 Å². The van der Waals surface area contributed by atoms with Crippen molar-refractivity contribution in [1.29, 1.82) is 0 Å². The van der Waals surface area contributed by atoms with E-state index in [9.17, 15) is 0 Å². The second kappa shape index (κ2) is 3.24. The zero-order valence-electron chi connectivity index (χ0n) is 9.44. The topological polar surface area (TPSA) is 9.23 Å². The summed E-state index contributed by atoms with van der Waals surface area (Å²) in [6.07, 6.45) is 15.1. The Morgan fingerprint density at radius 3 is 2.94 bits per heavy atom. The minimum absolute atomic E-state index is 1.01. The molecule has 3 aliphatic rings. The van der Waals surface area contributed by atoms with Gasteiger partial charge in [0.15, 0.2) is 0 Å². The molecule has 0 atom stereocenters. The SMILES string of the molecule is C1=CC2=CCc3ccc4c(c3=CC(=C1)C2)=CO4. The van der Waals surface area contributed by atoms with Gasteiger partial charge in [-0.1, -0.05) is 36.4 Å². The van der Waals surface area contributed by atoms with Crippen LogP contribution >= 0.6 is 0 Å². The number of hydrogen-bond acceptors (Lipinski definition) is 1. The van der Waals surface area contributed by atoms with Crippen molar-refractivity contribution in [2.24, 2.45) is 0 Å². The second-order valence-electron chi connectivity index (χ2n) is 4.69. The van der Waals surface area contributed by atoms with Crippen molar-refractivity contribution in [1.82, 2.24) is 0 Å². The van der Waals surface area contributed by atoms with E-state index in [0.717, 1.165) is 18.6 Å². The largest absolute Gasteiger partial charge is 0.463 e. The number of hydrogen-bond donors (Lipinski definition) is 0. The van der Waals surface area contributed by atoms with Gasteiger partial charge < -0.3 is 4.74 Å². The van der Waals surface area contributed by atoms with Gasteiger partial charge in [0, 0.05) is 0 Å². The van der Waals surface area contributed by atoms with E-state index in [1.54, 1.807) is 0 Å². The summed E-state index contributed by atoms with van der Waals surface area (Å²) in [5.41, 5.74) is 4.20. The van der Waals surface area contributed by atoms with Gasteiger partial charge in [0.2, 0.25) is 0 Å². The fourth-order valence-electron chi connectivity index (χ4n) is 2.61. The molecule has 1 aromatic carbocycles. The average Bonchev–Trinajstić information content (AvgIpc) is 2.29. The van der Waals surface area contributed by atoms with Crippen molar-refractivity contribution in [3.8, 4) is 5.75 Å². The maximum absolute atomic E-state index is 5.32. The minimum atomic E-state index is 1.01. The number of ether oxygens (including phenoxy) is 1. The zero-order chi connectivity index (χ0) is 11.2. The summed E-state index contributed by atoms with van der Waals surface area (Å²) in [5.74, 6) is 1.01. The van der Waals surface area contributed by atoms with Crippen LogP contribution in [-0.2, 0) is 6.42 Å². The van der Waals surface area contributed by atoms with Gasteiger partial charge in [-0.3, -0.25) is 0 Å². The summed E-state index contributed by atoms with van der Waals surface area (Å²) >= 11 is 0. The third-order valence-electron chi connectivity index (χ3n) is 3.58. The monoisotopic (exact) mass is 220 g/mol. The van der Waals surface area contributed by atoms with Crippen LogP contribution in [0.5, 0.6) is 5.75 Å². The lowest BCUT2D eigenvalue weighted by molar-refractivity contribution is 0.495. The summed E-state index contributed by atoms with van der Waals surface area (Å²) in [6, 6.07) is 4.25. The van der Waals surface area contributed by atoms with Gasteiger partial charge in [0.05, 0.1) is 5.22 Å². The molecule has 0 N–H and O–H groups in total. The van der Waals surface area contributed by atoms with Gasteiger partial charge in [-0.2, -0.15) is 0 Å². The fourth-order valence-corrected chi connectivity index (χ4v) is 2.61. The van der Waals surface area contributed by atoms with Crippen LogP contribution in [0.4, 0.5) is 0 Å². The Morgan fingerprint density at radius 1 is 1.06 bits per heavy atom. The zero-order valence-corrected chi connectivity index (χ0v) is 9.44. The molecule has 0 saturated heterocycles. The van der Waals surface area contributed by atoms with E-state index in [1.165, 1.54) is 27.1 Å². The number of rotatable bonds is 0. The molecule has 0 amide bonds. The van der Waals surface area contributed by atoms with Gasteiger partial charge >= 0.3 is 0 Å².